The minimum atomic E-state index is -0.149. The fourth-order valence-electron chi connectivity index (χ4n) is 3.61. The monoisotopic (exact) mass is 326 g/mol. The van der Waals surface area contributed by atoms with Crippen molar-refractivity contribution in [2.45, 2.75) is 56.9 Å². The van der Waals surface area contributed by atoms with Crippen LogP contribution in [0.25, 0.3) is 0 Å². The van der Waals surface area contributed by atoms with Crippen LogP contribution in [0.3, 0.4) is 0 Å². The predicted octanol–water partition coefficient (Wildman–Crippen LogP) is 2.74. The highest BCUT2D eigenvalue weighted by Gasteiger charge is 2.50. The maximum Gasteiger partial charge on any atom is 0.246 e. The van der Waals surface area contributed by atoms with E-state index in [4.69, 9.17) is 4.52 Å². The highest BCUT2D eigenvalue weighted by atomic mass is 16.5. The molecule has 0 unspecified atom stereocenters. The second-order valence-electron chi connectivity index (χ2n) is 6.89. The Morgan fingerprint density at radius 3 is 2.83 bits per heavy atom. The van der Waals surface area contributed by atoms with Gasteiger partial charge < -0.3 is 9.84 Å². The van der Waals surface area contributed by atoms with Gasteiger partial charge in [0.2, 0.25) is 11.8 Å². The van der Waals surface area contributed by atoms with Gasteiger partial charge in [-0.25, -0.2) is 0 Å². The molecule has 0 radical (unpaired) electrons. The van der Waals surface area contributed by atoms with Crippen LogP contribution in [-0.2, 0) is 16.8 Å². The van der Waals surface area contributed by atoms with Crippen LogP contribution in [0.5, 0.6) is 0 Å². The molecule has 2 fully saturated rings. The standard InChI is InChI=1S/C18H22N4O2/c23-16(13-5-2-1-3-6-13)20-12-15-21-17(22-24-15)18(8-9-18)14-7-4-10-19-11-14/h4,7,10-11,13H,1-3,5-6,8-9,12H2,(H,20,23). The smallest absolute Gasteiger partial charge is 0.246 e. The summed E-state index contributed by atoms with van der Waals surface area (Å²) in [6.07, 6.45) is 11.2. The van der Waals surface area contributed by atoms with Crippen LogP contribution in [0.1, 0.15) is 62.2 Å². The molecule has 0 bridgehead atoms. The summed E-state index contributed by atoms with van der Waals surface area (Å²) >= 11 is 0. The molecule has 1 amide bonds. The van der Waals surface area contributed by atoms with E-state index < -0.39 is 0 Å². The SMILES string of the molecule is O=C(NCc1nc(C2(c3cccnc3)CC2)no1)C1CCCCC1. The molecule has 1 N–H and O–H groups in total. The number of carbonyl (C=O) groups excluding carboxylic acids is 1. The van der Waals surface area contributed by atoms with Gasteiger partial charge in [-0.15, -0.1) is 0 Å². The van der Waals surface area contributed by atoms with E-state index in [0.717, 1.165) is 44.1 Å². The van der Waals surface area contributed by atoms with E-state index >= 15 is 0 Å². The van der Waals surface area contributed by atoms with Gasteiger partial charge in [-0.3, -0.25) is 9.78 Å². The van der Waals surface area contributed by atoms with Gasteiger partial charge in [0.05, 0.1) is 12.0 Å². The summed E-state index contributed by atoms with van der Waals surface area (Å²) in [4.78, 5) is 20.9. The summed E-state index contributed by atoms with van der Waals surface area (Å²) in [6.45, 7) is 0.311. The lowest BCUT2D eigenvalue weighted by atomic mass is 9.89. The summed E-state index contributed by atoms with van der Waals surface area (Å²) in [7, 11) is 0. The number of carbonyl (C=O) groups is 1. The molecule has 2 aromatic heterocycles. The van der Waals surface area contributed by atoms with Crippen molar-refractivity contribution in [2.24, 2.45) is 5.92 Å². The average Bonchev–Trinajstić information content (AvgIpc) is 3.33. The van der Waals surface area contributed by atoms with Gasteiger partial charge in [0.25, 0.3) is 0 Å². The maximum atomic E-state index is 12.2. The number of pyridine rings is 1. The Kier molecular flexibility index (Phi) is 4.04. The summed E-state index contributed by atoms with van der Waals surface area (Å²) in [5.41, 5.74) is 0.979. The van der Waals surface area contributed by atoms with Crippen LogP contribution in [0, 0.1) is 5.92 Å². The molecule has 24 heavy (non-hydrogen) atoms. The second kappa shape index (κ2) is 6.34. The van der Waals surface area contributed by atoms with E-state index in [1.807, 2.05) is 12.3 Å². The third-order valence-electron chi connectivity index (χ3n) is 5.25. The van der Waals surface area contributed by atoms with Crippen molar-refractivity contribution in [1.82, 2.24) is 20.4 Å². The fourth-order valence-corrected chi connectivity index (χ4v) is 3.61. The number of hydrogen-bond acceptors (Lipinski definition) is 5. The zero-order valence-electron chi connectivity index (χ0n) is 13.7. The first-order chi connectivity index (χ1) is 11.8. The molecule has 126 valence electrons. The number of nitrogens with one attached hydrogen (secondary N) is 1. The summed E-state index contributed by atoms with van der Waals surface area (Å²) in [5, 5.41) is 7.10. The van der Waals surface area contributed by atoms with Gasteiger partial charge in [-0.05, 0) is 37.3 Å². The summed E-state index contributed by atoms with van der Waals surface area (Å²) < 4.78 is 5.35. The quantitative estimate of drug-likeness (QED) is 0.913. The largest absolute Gasteiger partial charge is 0.347 e. The maximum absolute atomic E-state index is 12.2. The zero-order chi connectivity index (χ0) is 16.4. The van der Waals surface area contributed by atoms with Crippen LogP contribution in [0.15, 0.2) is 29.0 Å². The van der Waals surface area contributed by atoms with Gasteiger partial charge in [-0.1, -0.05) is 30.5 Å². The Morgan fingerprint density at radius 1 is 1.29 bits per heavy atom. The van der Waals surface area contributed by atoms with Gasteiger partial charge in [0, 0.05) is 18.3 Å². The first kappa shape index (κ1) is 15.3. The number of amides is 1. The lowest BCUT2D eigenvalue weighted by Crippen LogP contribution is -2.31. The molecular formula is C18H22N4O2. The number of aromatic nitrogens is 3. The van der Waals surface area contributed by atoms with Gasteiger partial charge in [0.15, 0.2) is 5.82 Å². The Balaban J connectivity index is 1.39. The predicted molar refractivity (Wildman–Crippen MR) is 87.0 cm³/mol. The lowest BCUT2D eigenvalue weighted by Gasteiger charge is -2.20. The topological polar surface area (TPSA) is 80.9 Å². The molecule has 2 saturated carbocycles. The molecule has 2 aromatic rings. The molecule has 0 saturated heterocycles. The Bertz CT molecular complexity index is 703. The van der Waals surface area contributed by atoms with E-state index in [9.17, 15) is 4.79 Å². The molecule has 4 rings (SSSR count). The van der Waals surface area contributed by atoms with Crippen molar-refractivity contribution in [2.75, 3.05) is 0 Å². The molecular weight excluding hydrogens is 304 g/mol. The lowest BCUT2D eigenvalue weighted by molar-refractivity contribution is -0.126. The first-order valence-electron chi connectivity index (χ1n) is 8.79. The van der Waals surface area contributed by atoms with Crippen LogP contribution < -0.4 is 5.32 Å². The van der Waals surface area contributed by atoms with Crippen molar-refractivity contribution in [1.29, 1.82) is 0 Å². The number of nitrogens with zero attached hydrogens (tertiary/aromatic N) is 3. The highest BCUT2D eigenvalue weighted by Crippen LogP contribution is 2.51. The molecule has 2 heterocycles. The van der Waals surface area contributed by atoms with E-state index in [-0.39, 0.29) is 17.2 Å². The molecule has 2 aliphatic rings. The second-order valence-corrected chi connectivity index (χ2v) is 6.89. The van der Waals surface area contributed by atoms with Crippen molar-refractivity contribution in [3.05, 3.63) is 41.8 Å². The minimum absolute atomic E-state index is 0.114. The average molecular weight is 326 g/mol. The Labute approximate surface area is 141 Å². The van der Waals surface area contributed by atoms with Gasteiger partial charge >= 0.3 is 0 Å². The van der Waals surface area contributed by atoms with Crippen molar-refractivity contribution in [3.8, 4) is 0 Å². The van der Waals surface area contributed by atoms with Gasteiger partial charge in [-0.2, -0.15) is 4.98 Å². The van der Waals surface area contributed by atoms with Crippen molar-refractivity contribution < 1.29 is 9.32 Å². The van der Waals surface area contributed by atoms with Crippen molar-refractivity contribution in [3.63, 3.8) is 0 Å². The van der Waals surface area contributed by atoms with Gasteiger partial charge in [0.1, 0.15) is 0 Å². The molecule has 0 spiro atoms. The van der Waals surface area contributed by atoms with E-state index in [0.29, 0.717) is 18.3 Å². The summed E-state index contributed by atoms with van der Waals surface area (Å²) in [6, 6.07) is 3.99. The van der Waals surface area contributed by atoms with Crippen LogP contribution >= 0.6 is 0 Å². The first-order valence-corrected chi connectivity index (χ1v) is 8.79. The minimum Gasteiger partial charge on any atom is -0.347 e. The third-order valence-corrected chi connectivity index (χ3v) is 5.25. The zero-order valence-corrected chi connectivity index (χ0v) is 13.7. The third kappa shape index (κ3) is 2.92. The van der Waals surface area contributed by atoms with E-state index in [1.54, 1.807) is 6.20 Å². The highest BCUT2D eigenvalue weighted by molar-refractivity contribution is 5.78. The molecule has 0 aromatic carbocycles. The normalized spacial score (nSPS) is 19.8. The Morgan fingerprint density at radius 2 is 2.12 bits per heavy atom. The van der Waals surface area contributed by atoms with E-state index in [1.165, 1.54) is 6.42 Å². The molecule has 6 heteroatoms. The number of hydrogen-bond donors (Lipinski definition) is 1. The van der Waals surface area contributed by atoms with E-state index in [2.05, 4.69) is 26.5 Å². The fraction of sp³-hybridized carbons (Fsp3) is 0.556. The van der Waals surface area contributed by atoms with Crippen LogP contribution in [0.4, 0.5) is 0 Å². The van der Waals surface area contributed by atoms with Crippen LogP contribution in [0.2, 0.25) is 0 Å². The molecule has 0 atom stereocenters. The Hall–Kier alpha value is -2.24. The molecule has 6 nitrogen and oxygen atoms in total. The summed E-state index contributed by atoms with van der Waals surface area (Å²) in [5.74, 6) is 1.44. The van der Waals surface area contributed by atoms with Crippen LogP contribution in [-0.4, -0.2) is 21.0 Å². The van der Waals surface area contributed by atoms with Crippen molar-refractivity contribution >= 4 is 5.91 Å². The number of rotatable bonds is 5. The molecule has 2 aliphatic carbocycles. The molecule has 0 aliphatic heterocycles.